The summed E-state index contributed by atoms with van der Waals surface area (Å²) in [6, 6.07) is 6.05. The molecule has 14 heavy (non-hydrogen) atoms. The number of benzene rings is 1. The summed E-state index contributed by atoms with van der Waals surface area (Å²) in [5.74, 6) is -0.276. The molecule has 0 amide bonds. The lowest BCUT2D eigenvalue weighted by Gasteiger charge is -2.31. The second-order valence-corrected chi connectivity index (χ2v) is 3.99. The van der Waals surface area contributed by atoms with Gasteiger partial charge < -0.3 is 10.8 Å². The van der Waals surface area contributed by atoms with Gasteiger partial charge in [-0.2, -0.15) is 0 Å². The van der Waals surface area contributed by atoms with Gasteiger partial charge in [0.05, 0.1) is 6.61 Å². The maximum Gasteiger partial charge on any atom is 0.127 e. The zero-order chi connectivity index (χ0) is 10.8. The minimum Gasteiger partial charge on any atom is -0.395 e. The molecule has 0 aliphatic heterocycles. The first-order valence-corrected chi connectivity index (χ1v) is 4.61. The number of rotatable bonds is 3. The lowest BCUT2D eigenvalue weighted by Crippen LogP contribution is -2.44. The first-order valence-electron chi connectivity index (χ1n) is 4.61. The predicted molar refractivity (Wildman–Crippen MR) is 54.5 cm³/mol. The van der Waals surface area contributed by atoms with Crippen molar-refractivity contribution in [3.63, 3.8) is 0 Å². The maximum absolute atomic E-state index is 13.4. The SMILES string of the molecule is CC(C)(c1ccccc1F)C(N)CO. The number of halogens is 1. The summed E-state index contributed by atoms with van der Waals surface area (Å²) in [5.41, 5.74) is 5.72. The van der Waals surface area contributed by atoms with Crippen molar-refractivity contribution in [2.24, 2.45) is 5.73 Å². The van der Waals surface area contributed by atoms with Gasteiger partial charge in [0.1, 0.15) is 5.82 Å². The summed E-state index contributed by atoms with van der Waals surface area (Å²) in [6.07, 6.45) is 0. The van der Waals surface area contributed by atoms with Crippen molar-refractivity contribution >= 4 is 0 Å². The zero-order valence-corrected chi connectivity index (χ0v) is 8.50. The van der Waals surface area contributed by atoms with Crippen LogP contribution in [0.2, 0.25) is 0 Å². The molecule has 1 unspecified atom stereocenters. The zero-order valence-electron chi connectivity index (χ0n) is 8.50. The third kappa shape index (κ3) is 1.94. The molecule has 0 heterocycles. The maximum atomic E-state index is 13.4. The van der Waals surface area contributed by atoms with Crippen molar-refractivity contribution in [1.82, 2.24) is 0 Å². The van der Waals surface area contributed by atoms with Crippen LogP contribution in [-0.4, -0.2) is 17.8 Å². The van der Waals surface area contributed by atoms with Crippen LogP contribution in [0.1, 0.15) is 19.4 Å². The van der Waals surface area contributed by atoms with Gasteiger partial charge in [0.25, 0.3) is 0 Å². The molecule has 0 aliphatic rings. The van der Waals surface area contributed by atoms with E-state index in [0.29, 0.717) is 5.56 Å². The van der Waals surface area contributed by atoms with Crippen molar-refractivity contribution in [2.45, 2.75) is 25.3 Å². The van der Waals surface area contributed by atoms with E-state index in [4.69, 9.17) is 10.8 Å². The Labute approximate surface area is 83.6 Å². The topological polar surface area (TPSA) is 46.2 Å². The normalized spacial score (nSPS) is 14.1. The molecular formula is C11H16FNO. The van der Waals surface area contributed by atoms with E-state index in [9.17, 15) is 4.39 Å². The first kappa shape index (κ1) is 11.1. The predicted octanol–water partition coefficient (Wildman–Crippen LogP) is 1.42. The molecule has 3 N–H and O–H groups in total. The Balaban J connectivity index is 3.09. The Morgan fingerprint density at radius 3 is 2.50 bits per heavy atom. The Hall–Kier alpha value is -0.930. The molecule has 0 aliphatic carbocycles. The number of hydrogen-bond donors (Lipinski definition) is 2. The molecule has 3 heteroatoms. The average molecular weight is 197 g/mol. The summed E-state index contributed by atoms with van der Waals surface area (Å²) < 4.78 is 13.4. The van der Waals surface area contributed by atoms with Crippen LogP contribution in [0, 0.1) is 5.82 Å². The van der Waals surface area contributed by atoms with Crippen LogP contribution in [-0.2, 0) is 5.41 Å². The van der Waals surface area contributed by atoms with Crippen molar-refractivity contribution < 1.29 is 9.50 Å². The van der Waals surface area contributed by atoms with Gasteiger partial charge in [-0.15, -0.1) is 0 Å². The molecule has 78 valence electrons. The minimum absolute atomic E-state index is 0.151. The second kappa shape index (κ2) is 4.07. The standard InChI is InChI=1S/C11H16FNO/c1-11(2,10(13)7-14)8-5-3-4-6-9(8)12/h3-6,10,14H,7,13H2,1-2H3. The van der Waals surface area contributed by atoms with E-state index in [0.717, 1.165) is 0 Å². The highest BCUT2D eigenvalue weighted by Crippen LogP contribution is 2.27. The molecule has 0 fully saturated rings. The molecule has 0 bridgehead atoms. The minimum atomic E-state index is -0.555. The van der Waals surface area contributed by atoms with E-state index in [1.165, 1.54) is 6.07 Å². The fourth-order valence-corrected chi connectivity index (χ4v) is 1.41. The molecule has 1 aromatic carbocycles. The molecule has 0 saturated carbocycles. The van der Waals surface area contributed by atoms with Gasteiger partial charge in [-0.3, -0.25) is 0 Å². The smallest absolute Gasteiger partial charge is 0.127 e. The monoisotopic (exact) mass is 197 g/mol. The Bertz CT molecular complexity index is 312. The molecule has 2 nitrogen and oxygen atoms in total. The molecule has 1 aromatic rings. The molecule has 1 rings (SSSR count). The van der Waals surface area contributed by atoms with Gasteiger partial charge in [-0.25, -0.2) is 4.39 Å². The van der Waals surface area contributed by atoms with Crippen LogP contribution in [0.15, 0.2) is 24.3 Å². The lowest BCUT2D eigenvalue weighted by atomic mass is 9.78. The molecule has 0 saturated heterocycles. The van der Waals surface area contributed by atoms with E-state index in [-0.39, 0.29) is 12.4 Å². The van der Waals surface area contributed by atoms with Crippen molar-refractivity contribution in [1.29, 1.82) is 0 Å². The third-order valence-electron chi connectivity index (χ3n) is 2.69. The third-order valence-corrected chi connectivity index (χ3v) is 2.69. The van der Waals surface area contributed by atoms with E-state index in [2.05, 4.69) is 0 Å². The Morgan fingerprint density at radius 2 is 2.00 bits per heavy atom. The van der Waals surface area contributed by atoms with Crippen molar-refractivity contribution in [3.8, 4) is 0 Å². The van der Waals surface area contributed by atoms with Gasteiger partial charge in [-0.05, 0) is 11.6 Å². The number of nitrogens with two attached hydrogens (primary N) is 1. The van der Waals surface area contributed by atoms with Gasteiger partial charge in [0.2, 0.25) is 0 Å². The molecule has 0 radical (unpaired) electrons. The van der Waals surface area contributed by atoms with E-state index >= 15 is 0 Å². The Morgan fingerprint density at radius 1 is 1.43 bits per heavy atom. The van der Waals surface area contributed by atoms with Crippen LogP contribution >= 0.6 is 0 Å². The second-order valence-electron chi connectivity index (χ2n) is 3.99. The largest absolute Gasteiger partial charge is 0.395 e. The first-order chi connectivity index (χ1) is 6.50. The number of aliphatic hydroxyl groups is 1. The summed E-state index contributed by atoms with van der Waals surface area (Å²) in [4.78, 5) is 0. The van der Waals surface area contributed by atoms with E-state index < -0.39 is 11.5 Å². The fourth-order valence-electron chi connectivity index (χ4n) is 1.41. The fraction of sp³-hybridized carbons (Fsp3) is 0.455. The molecule has 0 spiro atoms. The summed E-state index contributed by atoms with van der Waals surface area (Å²) >= 11 is 0. The van der Waals surface area contributed by atoms with Crippen LogP contribution < -0.4 is 5.73 Å². The van der Waals surface area contributed by atoms with Crippen LogP contribution in [0.5, 0.6) is 0 Å². The quantitative estimate of drug-likeness (QED) is 0.769. The molecular weight excluding hydrogens is 181 g/mol. The Kier molecular flexibility index (Phi) is 3.24. The van der Waals surface area contributed by atoms with Gasteiger partial charge in [0, 0.05) is 11.5 Å². The molecule has 0 aromatic heterocycles. The summed E-state index contributed by atoms with van der Waals surface area (Å²) in [5, 5.41) is 8.98. The number of aliphatic hydroxyl groups excluding tert-OH is 1. The van der Waals surface area contributed by atoms with Crippen LogP contribution in [0.25, 0.3) is 0 Å². The van der Waals surface area contributed by atoms with Crippen LogP contribution in [0.3, 0.4) is 0 Å². The highest BCUT2D eigenvalue weighted by Gasteiger charge is 2.30. The summed E-state index contributed by atoms with van der Waals surface area (Å²) in [6.45, 7) is 3.50. The highest BCUT2D eigenvalue weighted by atomic mass is 19.1. The summed E-state index contributed by atoms with van der Waals surface area (Å²) in [7, 11) is 0. The number of hydrogen-bond acceptors (Lipinski definition) is 2. The van der Waals surface area contributed by atoms with Crippen LogP contribution in [0.4, 0.5) is 4.39 Å². The van der Waals surface area contributed by atoms with Gasteiger partial charge >= 0.3 is 0 Å². The van der Waals surface area contributed by atoms with Crippen molar-refractivity contribution in [2.75, 3.05) is 6.61 Å². The molecule has 1 atom stereocenters. The van der Waals surface area contributed by atoms with Crippen molar-refractivity contribution in [3.05, 3.63) is 35.6 Å². The average Bonchev–Trinajstić information content (AvgIpc) is 2.17. The van der Waals surface area contributed by atoms with Gasteiger partial charge in [0.15, 0.2) is 0 Å². The van der Waals surface area contributed by atoms with E-state index in [1.54, 1.807) is 18.2 Å². The highest BCUT2D eigenvalue weighted by molar-refractivity contribution is 5.27. The van der Waals surface area contributed by atoms with Gasteiger partial charge in [-0.1, -0.05) is 32.0 Å². The lowest BCUT2D eigenvalue weighted by molar-refractivity contribution is 0.217. The van der Waals surface area contributed by atoms with E-state index in [1.807, 2.05) is 13.8 Å².